The molecule has 0 aliphatic rings. The summed E-state index contributed by atoms with van der Waals surface area (Å²) in [5.41, 5.74) is 3.76. The summed E-state index contributed by atoms with van der Waals surface area (Å²) >= 11 is 0. The van der Waals surface area contributed by atoms with E-state index in [2.05, 4.69) is 11.6 Å². The van der Waals surface area contributed by atoms with E-state index in [4.69, 9.17) is 0 Å². The van der Waals surface area contributed by atoms with Crippen molar-refractivity contribution in [3.63, 3.8) is 0 Å². The molecule has 1 aromatic carbocycles. The lowest BCUT2D eigenvalue weighted by atomic mass is 10.0. The van der Waals surface area contributed by atoms with Crippen LogP contribution in [-0.4, -0.2) is 11.3 Å². The highest BCUT2D eigenvalue weighted by atomic mass is 16.1. The number of benzene rings is 1. The van der Waals surface area contributed by atoms with Gasteiger partial charge in [0.25, 0.3) is 0 Å². The van der Waals surface area contributed by atoms with Gasteiger partial charge in [-0.05, 0) is 30.2 Å². The maximum absolute atomic E-state index is 10.9. The molecular formula is C12H11NO. The molecule has 0 unspecified atom stereocenters. The van der Waals surface area contributed by atoms with Crippen LogP contribution in [0.2, 0.25) is 0 Å². The highest BCUT2D eigenvalue weighted by Crippen LogP contribution is 2.24. The van der Waals surface area contributed by atoms with Gasteiger partial charge in [0.2, 0.25) is 0 Å². The molecule has 1 heterocycles. The van der Waals surface area contributed by atoms with E-state index in [-0.39, 0.29) is 0 Å². The maximum atomic E-state index is 10.9. The number of aromatic amines is 1. The molecule has 2 rings (SSSR count). The highest BCUT2D eigenvalue weighted by molar-refractivity contribution is 6.01. The number of aryl methyl sites for hydroxylation is 1. The molecule has 2 heteroatoms. The van der Waals surface area contributed by atoms with E-state index in [0.717, 1.165) is 33.9 Å². The second-order valence-corrected chi connectivity index (χ2v) is 3.28. The summed E-state index contributed by atoms with van der Waals surface area (Å²) in [5.74, 6) is 0. The quantitative estimate of drug-likeness (QED) is 0.717. The predicted molar refractivity (Wildman–Crippen MR) is 58.5 cm³/mol. The third-order valence-electron chi connectivity index (χ3n) is 2.46. The van der Waals surface area contributed by atoms with Gasteiger partial charge < -0.3 is 4.98 Å². The number of fused-ring (bicyclic) bond motifs is 1. The summed E-state index contributed by atoms with van der Waals surface area (Å²) in [6.45, 7) is 5.68. The molecule has 70 valence electrons. The summed E-state index contributed by atoms with van der Waals surface area (Å²) < 4.78 is 0. The average Bonchev–Trinajstić information content (AvgIpc) is 2.65. The van der Waals surface area contributed by atoms with Crippen LogP contribution in [-0.2, 0) is 0 Å². The Balaban J connectivity index is 2.95. The van der Waals surface area contributed by atoms with Gasteiger partial charge in [-0.1, -0.05) is 12.7 Å². The first-order chi connectivity index (χ1) is 6.77. The van der Waals surface area contributed by atoms with E-state index in [1.807, 2.05) is 25.3 Å². The van der Waals surface area contributed by atoms with Crippen LogP contribution in [0.3, 0.4) is 0 Å². The first kappa shape index (κ1) is 8.75. The fourth-order valence-electron chi connectivity index (χ4n) is 1.75. The van der Waals surface area contributed by atoms with Gasteiger partial charge in [-0.25, -0.2) is 0 Å². The Morgan fingerprint density at radius 1 is 1.50 bits per heavy atom. The molecule has 0 aliphatic carbocycles. The van der Waals surface area contributed by atoms with Crippen LogP contribution in [0.4, 0.5) is 0 Å². The lowest BCUT2D eigenvalue weighted by Gasteiger charge is -2.03. The Hall–Kier alpha value is -1.83. The lowest BCUT2D eigenvalue weighted by molar-refractivity contribution is 0.112. The molecule has 1 N–H and O–H groups in total. The molecule has 0 amide bonds. The third-order valence-corrected chi connectivity index (χ3v) is 2.46. The largest absolute Gasteiger partial charge is 0.361 e. The number of aldehydes is 1. The van der Waals surface area contributed by atoms with Gasteiger partial charge in [0.05, 0.1) is 5.52 Å². The number of carbonyl (C=O) groups excluding carboxylic acids is 1. The Labute approximate surface area is 82.3 Å². The van der Waals surface area contributed by atoms with Gasteiger partial charge in [0.15, 0.2) is 6.29 Å². The number of carbonyl (C=O) groups is 1. The van der Waals surface area contributed by atoms with Crippen molar-refractivity contribution in [2.45, 2.75) is 6.92 Å². The van der Waals surface area contributed by atoms with Gasteiger partial charge in [-0.2, -0.15) is 0 Å². The Morgan fingerprint density at radius 2 is 2.29 bits per heavy atom. The molecule has 0 bridgehead atoms. The Kier molecular flexibility index (Phi) is 1.97. The molecule has 0 aliphatic heterocycles. The number of hydrogen-bond donors (Lipinski definition) is 1. The van der Waals surface area contributed by atoms with Crippen molar-refractivity contribution in [2.75, 3.05) is 0 Å². The summed E-state index contributed by atoms with van der Waals surface area (Å²) in [6, 6.07) is 3.88. The molecule has 0 saturated heterocycles. The van der Waals surface area contributed by atoms with Gasteiger partial charge >= 0.3 is 0 Å². The number of hydrogen-bond acceptors (Lipinski definition) is 1. The smallest absolute Gasteiger partial charge is 0.150 e. The van der Waals surface area contributed by atoms with E-state index in [0.29, 0.717) is 0 Å². The van der Waals surface area contributed by atoms with Crippen LogP contribution in [0.25, 0.3) is 17.0 Å². The number of aromatic nitrogens is 1. The second kappa shape index (κ2) is 3.14. The van der Waals surface area contributed by atoms with Gasteiger partial charge in [0, 0.05) is 17.1 Å². The fourth-order valence-corrected chi connectivity index (χ4v) is 1.75. The normalized spacial score (nSPS) is 10.4. The van der Waals surface area contributed by atoms with Crippen molar-refractivity contribution in [3.05, 3.63) is 41.6 Å². The van der Waals surface area contributed by atoms with Crippen LogP contribution in [0.1, 0.15) is 21.5 Å². The first-order valence-corrected chi connectivity index (χ1v) is 4.46. The lowest BCUT2D eigenvalue weighted by Crippen LogP contribution is -1.89. The summed E-state index contributed by atoms with van der Waals surface area (Å²) in [4.78, 5) is 14.0. The fraction of sp³-hybridized carbons (Fsp3) is 0.0833. The molecule has 0 fully saturated rings. The maximum Gasteiger partial charge on any atom is 0.150 e. The van der Waals surface area contributed by atoms with Crippen molar-refractivity contribution >= 4 is 23.3 Å². The molecule has 2 aromatic rings. The highest BCUT2D eigenvalue weighted by Gasteiger charge is 2.07. The summed E-state index contributed by atoms with van der Waals surface area (Å²) in [5, 5.41) is 0.968. The molecule has 0 radical (unpaired) electrons. The van der Waals surface area contributed by atoms with Crippen LogP contribution in [0.5, 0.6) is 0 Å². The van der Waals surface area contributed by atoms with Crippen LogP contribution < -0.4 is 0 Å². The average molecular weight is 185 g/mol. The van der Waals surface area contributed by atoms with Crippen molar-refractivity contribution in [1.29, 1.82) is 0 Å². The molecule has 2 nitrogen and oxygen atoms in total. The molecule has 0 saturated carbocycles. The van der Waals surface area contributed by atoms with Crippen LogP contribution in [0.15, 0.2) is 24.9 Å². The molecule has 0 spiro atoms. The Morgan fingerprint density at radius 3 is 2.93 bits per heavy atom. The van der Waals surface area contributed by atoms with E-state index >= 15 is 0 Å². The molecule has 1 aromatic heterocycles. The van der Waals surface area contributed by atoms with E-state index in [1.165, 1.54) is 0 Å². The summed E-state index contributed by atoms with van der Waals surface area (Å²) in [7, 11) is 0. The van der Waals surface area contributed by atoms with Gasteiger partial charge in [0.1, 0.15) is 0 Å². The van der Waals surface area contributed by atoms with Crippen molar-refractivity contribution in [1.82, 2.24) is 4.98 Å². The van der Waals surface area contributed by atoms with Crippen LogP contribution in [0, 0.1) is 6.92 Å². The Bertz CT molecular complexity index is 508. The minimum atomic E-state index is 0.756. The minimum Gasteiger partial charge on any atom is -0.361 e. The second-order valence-electron chi connectivity index (χ2n) is 3.28. The monoisotopic (exact) mass is 185 g/mol. The zero-order valence-corrected chi connectivity index (χ0v) is 8.00. The van der Waals surface area contributed by atoms with E-state index in [1.54, 1.807) is 6.08 Å². The minimum absolute atomic E-state index is 0.756. The molecular weight excluding hydrogens is 174 g/mol. The number of rotatable bonds is 2. The van der Waals surface area contributed by atoms with E-state index < -0.39 is 0 Å². The number of nitrogens with one attached hydrogen (secondary N) is 1. The van der Waals surface area contributed by atoms with E-state index in [9.17, 15) is 4.79 Å². The zero-order valence-electron chi connectivity index (χ0n) is 8.00. The van der Waals surface area contributed by atoms with Crippen molar-refractivity contribution in [3.8, 4) is 0 Å². The molecule has 0 atom stereocenters. The summed E-state index contributed by atoms with van der Waals surface area (Å²) in [6.07, 6.45) is 4.53. The first-order valence-electron chi connectivity index (χ1n) is 4.46. The predicted octanol–water partition coefficient (Wildman–Crippen LogP) is 2.93. The zero-order chi connectivity index (χ0) is 10.1. The van der Waals surface area contributed by atoms with Gasteiger partial charge in [-0.15, -0.1) is 0 Å². The van der Waals surface area contributed by atoms with Crippen LogP contribution >= 0.6 is 0 Å². The third kappa shape index (κ3) is 1.08. The molecule has 14 heavy (non-hydrogen) atoms. The standard InChI is InChI=1S/C12H11NO/c1-3-9-6-8(2)11(7-14)10-4-5-13-12(9)10/h3-7,13H,1H2,2H3. The van der Waals surface area contributed by atoms with Crippen molar-refractivity contribution in [2.24, 2.45) is 0 Å². The van der Waals surface area contributed by atoms with Crippen molar-refractivity contribution < 1.29 is 4.79 Å². The number of H-pyrrole nitrogens is 1. The topological polar surface area (TPSA) is 32.9 Å². The SMILES string of the molecule is C=Cc1cc(C)c(C=O)c2cc[nH]c12. The van der Waals surface area contributed by atoms with Gasteiger partial charge in [-0.3, -0.25) is 4.79 Å².